The molecule has 2 atom stereocenters. The van der Waals surface area contributed by atoms with Gasteiger partial charge in [-0.15, -0.1) is 11.3 Å². The van der Waals surface area contributed by atoms with Crippen LogP contribution < -0.4 is 5.32 Å². The summed E-state index contributed by atoms with van der Waals surface area (Å²) in [5, 5.41) is 5.80. The highest BCUT2D eigenvalue weighted by molar-refractivity contribution is 7.10. The van der Waals surface area contributed by atoms with Crippen LogP contribution in [0.15, 0.2) is 47.8 Å². The van der Waals surface area contributed by atoms with Gasteiger partial charge in [-0.25, -0.2) is 0 Å². The van der Waals surface area contributed by atoms with Crippen LogP contribution in [-0.2, 0) is 4.74 Å². The third-order valence-electron chi connectivity index (χ3n) is 3.53. The number of rotatable bonds is 5. The summed E-state index contributed by atoms with van der Waals surface area (Å²) in [6.45, 7) is 1.85. The van der Waals surface area contributed by atoms with Gasteiger partial charge in [0.1, 0.15) is 0 Å². The second-order valence-corrected chi connectivity index (χ2v) is 5.88. The summed E-state index contributed by atoms with van der Waals surface area (Å²) >= 11 is 1.81. The van der Waals surface area contributed by atoms with Gasteiger partial charge in [-0.1, -0.05) is 36.4 Å². The molecule has 1 aromatic carbocycles. The fourth-order valence-electron chi connectivity index (χ4n) is 2.54. The van der Waals surface area contributed by atoms with Crippen molar-refractivity contribution in [2.45, 2.75) is 25.0 Å². The van der Waals surface area contributed by atoms with Crippen LogP contribution in [0.2, 0.25) is 0 Å². The normalized spacial score (nSPS) is 20.5. The van der Waals surface area contributed by atoms with E-state index in [1.165, 1.54) is 23.3 Å². The minimum Gasteiger partial charge on any atom is -0.377 e. The Kier molecular flexibility index (Phi) is 4.28. The molecule has 1 saturated heterocycles. The molecule has 0 spiro atoms. The lowest BCUT2D eigenvalue weighted by Gasteiger charge is -2.20. The zero-order valence-corrected chi connectivity index (χ0v) is 11.7. The van der Waals surface area contributed by atoms with Crippen LogP contribution in [0, 0.1) is 0 Å². The van der Waals surface area contributed by atoms with Crippen molar-refractivity contribution in [2.75, 3.05) is 13.2 Å². The minimum absolute atomic E-state index is 0.283. The van der Waals surface area contributed by atoms with Crippen molar-refractivity contribution in [3.63, 3.8) is 0 Å². The first-order valence-electron chi connectivity index (χ1n) is 6.87. The van der Waals surface area contributed by atoms with E-state index in [9.17, 15) is 0 Å². The zero-order valence-electron chi connectivity index (χ0n) is 10.9. The summed E-state index contributed by atoms with van der Waals surface area (Å²) in [6.07, 6.45) is 2.76. The molecule has 3 rings (SSSR count). The van der Waals surface area contributed by atoms with Crippen LogP contribution in [0.3, 0.4) is 0 Å². The van der Waals surface area contributed by atoms with Gasteiger partial charge in [0.15, 0.2) is 0 Å². The molecule has 0 aliphatic carbocycles. The van der Waals surface area contributed by atoms with Crippen molar-refractivity contribution < 1.29 is 4.74 Å². The van der Waals surface area contributed by atoms with E-state index in [1.54, 1.807) is 11.3 Å². The smallest absolute Gasteiger partial charge is 0.0700 e. The van der Waals surface area contributed by atoms with Crippen LogP contribution in [0.5, 0.6) is 0 Å². The van der Waals surface area contributed by atoms with Gasteiger partial charge in [0.25, 0.3) is 0 Å². The lowest BCUT2D eigenvalue weighted by molar-refractivity contribution is 0.108. The monoisotopic (exact) mass is 273 g/mol. The zero-order chi connectivity index (χ0) is 12.9. The van der Waals surface area contributed by atoms with Crippen molar-refractivity contribution in [2.24, 2.45) is 0 Å². The molecule has 2 aromatic rings. The number of benzene rings is 1. The van der Waals surface area contributed by atoms with E-state index in [0.717, 1.165) is 13.2 Å². The van der Waals surface area contributed by atoms with Crippen LogP contribution in [0.1, 0.15) is 29.3 Å². The molecule has 0 radical (unpaired) electrons. The van der Waals surface area contributed by atoms with E-state index >= 15 is 0 Å². The highest BCUT2D eigenvalue weighted by atomic mass is 32.1. The van der Waals surface area contributed by atoms with E-state index in [4.69, 9.17) is 4.74 Å². The third kappa shape index (κ3) is 3.24. The Morgan fingerprint density at radius 2 is 2.11 bits per heavy atom. The average Bonchev–Trinajstić information content (AvgIpc) is 3.13. The molecule has 19 heavy (non-hydrogen) atoms. The molecule has 1 aliphatic heterocycles. The summed E-state index contributed by atoms with van der Waals surface area (Å²) in [5.74, 6) is 0. The van der Waals surface area contributed by atoms with Crippen molar-refractivity contribution in [3.05, 3.63) is 58.3 Å². The summed E-state index contributed by atoms with van der Waals surface area (Å²) < 4.78 is 5.70. The molecule has 0 amide bonds. The van der Waals surface area contributed by atoms with Gasteiger partial charge in [-0.05, 0) is 29.9 Å². The van der Waals surface area contributed by atoms with Crippen LogP contribution >= 0.6 is 11.3 Å². The van der Waals surface area contributed by atoms with Crippen LogP contribution in [-0.4, -0.2) is 19.3 Å². The Labute approximate surface area is 118 Å². The van der Waals surface area contributed by atoms with E-state index in [-0.39, 0.29) is 6.04 Å². The van der Waals surface area contributed by atoms with E-state index < -0.39 is 0 Å². The summed E-state index contributed by atoms with van der Waals surface area (Å²) in [4.78, 5) is 1.36. The van der Waals surface area contributed by atoms with Crippen molar-refractivity contribution in [1.29, 1.82) is 0 Å². The van der Waals surface area contributed by atoms with E-state index in [1.807, 2.05) is 0 Å². The topological polar surface area (TPSA) is 21.3 Å². The van der Waals surface area contributed by atoms with Crippen LogP contribution in [0.25, 0.3) is 0 Å². The number of nitrogens with one attached hydrogen (secondary N) is 1. The van der Waals surface area contributed by atoms with Gasteiger partial charge < -0.3 is 10.1 Å². The van der Waals surface area contributed by atoms with Gasteiger partial charge in [-0.3, -0.25) is 0 Å². The average molecular weight is 273 g/mol. The predicted octanol–water partition coefficient (Wildman–Crippen LogP) is 3.61. The molecule has 0 saturated carbocycles. The molecule has 1 N–H and O–H groups in total. The second kappa shape index (κ2) is 6.33. The first-order valence-corrected chi connectivity index (χ1v) is 7.75. The maximum Gasteiger partial charge on any atom is 0.0700 e. The molecule has 2 heterocycles. The summed E-state index contributed by atoms with van der Waals surface area (Å²) in [7, 11) is 0. The fourth-order valence-corrected chi connectivity index (χ4v) is 3.37. The van der Waals surface area contributed by atoms with Crippen molar-refractivity contribution in [3.8, 4) is 0 Å². The Hall–Kier alpha value is -1.16. The molecule has 0 bridgehead atoms. The van der Waals surface area contributed by atoms with Gasteiger partial charge in [0.05, 0.1) is 12.1 Å². The molecule has 1 fully saturated rings. The standard InChI is InChI=1S/C16H19NOS/c1-2-6-13(7-3-1)16(15-9-5-11-19-15)17-12-14-8-4-10-18-14/h1-3,5-7,9,11,14,16-17H,4,8,10,12H2. The molecule has 1 aliphatic rings. The molecular weight excluding hydrogens is 254 g/mol. The molecule has 3 heteroatoms. The highest BCUT2D eigenvalue weighted by Gasteiger charge is 2.19. The Morgan fingerprint density at radius 3 is 2.79 bits per heavy atom. The van der Waals surface area contributed by atoms with Gasteiger partial charge in [0.2, 0.25) is 0 Å². The highest BCUT2D eigenvalue weighted by Crippen LogP contribution is 2.26. The largest absolute Gasteiger partial charge is 0.377 e. The molecule has 2 nitrogen and oxygen atoms in total. The fraction of sp³-hybridized carbons (Fsp3) is 0.375. The first-order chi connectivity index (χ1) is 9.43. The van der Waals surface area contributed by atoms with Gasteiger partial charge >= 0.3 is 0 Å². The SMILES string of the molecule is c1ccc(C(NCC2CCCO2)c2cccs2)cc1. The van der Waals surface area contributed by atoms with E-state index in [0.29, 0.717) is 6.10 Å². The predicted molar refractivity (Wildman–Crippen MR) is 79.6 cm³/mol. The number of hydrogen-bond donors (Lipinski definition) is 1. The lowest BCUT2D eigenvalue weighted by Crippen LogP contribution is -2.30. The molecule has 100 valence electrons. The summed E-state index contributed by atoms with van der Waals surface area (Å²) in [5.41, 5.74) is 1.32. The van der Waals surface area contributed by atoms with Gasteiger partial charge in [0, 0.05) is 18.0 Å². The Balaban J connectivity index is 1.73. The Bertz CT molecular complexity index is 477. The maximum atomic E-state index is 5.70. The van der Waals surface area contributed by atoms with Crippen LogP contribution in [0.4, 0.5) is 0 Å². The van der Waals surface area contributed by atoms with Gasteiger partial charge in [-0.2, -0.15) is 0 Å². The number of thiophene rings is 1. The van der Waals surface area contributed by atoms with E-state index in [2.05, 4.69) is 53.2 Å². The second-order valence-electron chi connectivity index (χ2n) is 4.90. The lowest BCUT2D eigenvalue weighted by atomic mass is 10.1. The third-order valence-corrected chi connectivity index (χ3v) is 4.47. The number of hydrogen-bond acceptors (Lipinski definition) is 3. The minimum atomic E-state index is 0.283. The number of ether oxygens (including phenoxy) is 1. The van der Waals surface area contributed by atoms with Crippen molar-refractivity contribution >= 4 is 11.3 Å². The van der Waals surface area contributed by atoms with Crippen molar-refractivity contribution in [1.82, 2.24) is 5.32 Å². The molecular formula is C16H19NOS. The quantitative estimate of drug-likeness (QED) is 0.898. The first kappa shape index (κ1) is 12.9. The summed E-state index contributed by atoms with van der Waals surface area (Å²) in [6, 6.07) is 15.2. The Morgan fingerprint density at radius 1 is 1.21 bits per heavy atom. The molecule has 2 unspecified atom stereocenters. The maximum absolute atomic E-state index is 5.70. The molecule has 1 aromatic heterocycles.